The minimum atomic E-state index is -1.43. The van der Waals surface area contributed by atoms with Gasteiger partial charge < -0.3 is 9.47 Å². The monoisotopic (exact) mass is 366 g/mol. The van der Waals surface area contributed by atoms with Gasteiger partial charge in [0.25, 0.3) is 5.78 Å². The lowest BCUT2D eigenvalue weighted by Crippen LogP contribution is -2.33. The van der Waals surface area contributed by atoms with Gasteiger partial charge in [-0.15, -0.1) is 0 Å². The highest BCUT2D eigenvalue weighted by atomic mass is 16.6. The van der Waals surface area contributed by atoms with Crippen LogP contribution in [0, 0.1) is 0 Å². The van der Waals surface area contributed by atoms with Gasteiger partial charge in [-0.25, -0.2) is 0 Å². The number of pyridine rings is 1. The van der Waals surface area contributed by atoms with Gasteiger partial charge in [-0.1, -0.05) is 18.2 Å². The average Bonchev–Trinajstić information content (AvgIpc) is 3.18. The van der Waals surface area contributed by atoms with Crippen molar-refractivity contribution in [3.05, 3.63) is 53.7 Å². The number of hydrogen-bond acceptors (Lipinski definition) is 6. The summed E-state index contributed by atoms with van der Waals surface area (Å²) < 4.78 is 11.2. The van der Waals surface area contributed by atoms with Gasteiger partial charge in [0.05, 0.1) is 5.52 Å². The Morgan fingerprint density at radius 3 is 2.74 bits per heavy atom. The molecule has 1 aromatic heterocycles. The molecule has 4 rings (SSSR count). The van der Waals surface area contributed by atoms with Gasteiger partial charge in [0, 0.05) is 37.0 Å². The number of nitrogens with zero attached hydrogens (tertiary/aromatic N) is 2. The van der Waals surface area contributed by atoms with Crippen LogP contribution in [-0.2, 0) is 29.5 Å². The fourth-order valence-corrected chi connectivity index (χ4v) is 3.56. The molecule has 1 unspecified atom stereocenters. The highest BCUT2D eigenvalue weighted by Crippen LogP contribution is 2.43. The maximum Gasteiger partial charge on any atom is 0.308 e. The molecule has 1 aromatic carbocycles. The SMILES string of the molecule is CC(=O)OC1=C(N2CCCC2=O)OC(C)(c2ccnc3ccccc23)C1=O. The molecule has 1 atom stereocenters. The normalized spacial score (nSPS) is 22.5. The van der Waals surface area contributed by atoms with E-state index in [1.54, 1.807) is 19.2 Å². The topological polar surface area (TPSA) is 85.8 Å². The van der Waals surface area contributed by atoms with Crippen LogP contribution in [0.2, 0.25) is 0 Å². The Kier molecular flexibility index (Phi) is 3.95. The van der Waals surface area contributed by atoms with Crippen molar-refractivity contribution in [2.45, 2.75) is 32.3 Å². The molecule has 7 nitrogen and oxygen atoms in total. The van der Waals surface area contributed by atoms with Crippen LogP contribution in [0.4, 0.5) is 0 Å². The third kappa shape index (κ3) is 2.66. The molecule has 27 heavy (non-hydrogen) atoms. The van der Waals surface area contributed by atoms with Crippen molar-refractivity contribution < 1.29 is 23.9 Å². The van der Waals surface area contributed by atoms with E-state index in [-0.39, 0.29) is 17.5 Å². The highest BCUT2D eigenvalue weighted by molar-refractivity contribution is 6.07. The van der Waals surface area contributed by atoms with Crippen LogP contribution in [0.1, 0.15) is 32.3 Å². The summed E-state index contributed by atoms with van der Waals surface area (Å²) in [4.78, 5) is 42.7. The minimum absolute atomic E-state index is 0.0149. The van der Waals surface area contributed by atoms with Crippen molar-refractivity contribution in [3.8, 4) is 0 Å². The Labute approximate surface area is 155 Å². The molecule has 2 aliphatic rings. The number of esters is 1. The molecule has 1 fully saturated rings. The molecule has 3 heterocycles. The van der Waals surface area contributed by atoms with Crippen LogP contribution in [0.25, 0.3) is 10.9 Å². The van der Waals surface area contributed by atoms with Crippen molar-refractivity contribution in [1.82, 2.24) is 9.88 Å². The molecule has 7 heteroatoms. The molecule has 1 saturated heterocycles. The number of benzene rings is 1. The summed E-state index contributed by atoms with van der Waals surface area (Å²) in [5.74, 6) is -1.51. The standard InChI is InChI=1S/C20H18N2O5/c1-12(23)26-17-18(25)20(2,27-19(17)22-11-5-8-16(22)24)14-9-10-21-15-7-4-3-6-13(14)15/h3-4,6-7,9-10H,5,8,11H2,1-2H3. The number of ketones is 1. The Morgan fingerprint density at radius 2 is 2.04 bits per heavy atom. The number of aromatic nitrogens is 1. The number of amides is 1. The zero-order valence-corrected chi connectivity index (χ0v) is 15.0. The molecule has 0 spiro atoms. The fraction of sp³-hybridized carbons (Fsp3) is 0.300. The second-order valence-electron chi connectivity index (χ2n) is 6.72. The van der Waals surface area contributed by atoms with E-state index < -0.39 is 17.4 Å². The summed E-state index contributed by atoms with van der Waals surface area (Å²) in [6.07, 6.45) is 2.62. The number of carbonyl (C=O) groups excluding carboxylic acids is 3. The fourth-order valence-electron chi connectivity index (χ4n) is 3.56. The van der Waals surface area contributed by atoms with E-state index >= 15 is 0 Å². The highest BCUT2D eigenvalue weighted by Gasteiger charge is 2.52. The van der Waals surface area contributed by atoms with Gasteiger partial charge in [0.1, 0.15) is 0 Å². The molecule has 0 aliphatic carbocycles. The Hall–Kier alpha value is -3.22. The molecular weight excluding hydrogens is 348 g/mol. The Balaban J connectivity index is 1.84. The van der Waals surface area contributed by atoms with Crippen LogP contribution < -0.4 is 0 Å². The van der Waals surface area contributed by atoms with Gasteiger partial charge in [-0.3, -0.25) is 24.3 Å². The summed E-state index contributed by atoms with van der Waals surface area (Å²) in [6.45, 7) is 3.24. The number of likely N-dealkylation sites (tertiary alicyclic amines) is 1. The first-order chi connectivity index (χ1) is 12.9. The van der Waals surface area contributed by atoms with E-state index in [2.05, 4.69) is 4.98 Å². The lowest BCUT2D eigenvalue weighted by Gasteiger charge is -2.26. The quantitative estimate of drug-likeness (QED) is 0.776. The van der Waals surface area contributed by atoms with Crippen LogP contribution in [0.15, 0.2) is 48.2 Å². The lowest BCUT2D eigenvalue weighted by atomic mass is 9.89. The number of carbonyl (C=O) groups is 3. The molecule has 2 aliphatic heterocycles. The van der Waals surface area contributed by atoms with Crippen molar-refractivity contribution in [2.24, 2.45) is 0 Å². The van der Waals surface area contributed by atoms with Crippen LogP contribution in [-0.4, -0.2) is 34.1 Å². The van der Waals surface area contributed by atoms with Gasteiger partial charge in [0.15, 0.2) is 5.60 Å². The summed E-state index contributed by atoms with van der Waals surface area (Å²) in [5.41, 5.74) is -0.109. The first kappa shape index (κ1) is 17.2. The molecule has 0 radical (unpaired) electrons. The smallest absolute Gasteiger partial charge is 0.308 e. The van der Waals surface area contributed by atoms with Crippen LogP contribution in [0.3, 0.4) is 0 Å². The second kappa shape index (κ2) is 6.19. The predicted molar refractivity (Wildman–Crippen MR) is 94.9 cm³/mol. The van der Waals surface area contributed by atoms with Crippen LogP contribution >= 0.6 is 0 Å². The number of Topliss-reactive ketones (excluding diaryl/α,β-unsaturated/α-hetero) is 1. The average molecular weight is 366 g/mol. The molecule has 0 saturated carbocycles. The summed E-state index contributed by atoms with van der Waals surface area (Å²) in [7, 11) is 0. The van der Waals surface area contributed by atoms with E-state index in [1.807, 2.05) is 24.3 Å². The number of ether oxygens (including phenoxy) is 2. The molecule has 0 N–H and O–H groups in total. The molecular formula is C20H18N2O5. The van der Waals surface area contributed by atoms with Gasteiger partial charge in [-0.2, -0.15) is 0 Å². The molecule has 2 aromatic rings. The lowest BCUT2D eigenvalue weighted by molar-refractivity contribution is -0.142. The molecule has 1 amide bonds. The van der Waals surface area contributed by atoms with Gasteiger partial charge >= 0.3 is 5.97 Å². The van der Waals surface area contributed by atoms with Crippen molar-refractivity contribution in [3.63, 3.8) is 0 Å². The summed E-state index contributed by atoms with van der Waals surface area (Å²) in [6, 6.07) is 9.11. The molecule has 138 valence electrons. The zero-order chi connectivity index (χ0) is 19.2. The molecule has 0 bridgehead atoms. The number of para-hydroxylation sites is 1. The summed E-state index contributed by atoms with van der Waals surface area (Å²) in [5, 5.41) is 0.757. The first-order valence-corrected chi connectivity index (χ1v) is 8.73. The minimum Gasteiger partial charge on any atom is -0.456 e. The van der Waals surface area contributed by atoms with Gasteiger partial charge in [-0.05, 0) is 25.5 Å². The van der Waals surface area contributed by atoms with Crippen molar-refractivity contribution >= 4 is 28.6 Å². The van der Waals surface area contributed by atoms with E-state index in [1.165, 1.54) is 11.8 Å². The maximum atomic E-state index is 13.3. The number of hydrogen-bond donors (Lipinski definition) is 0. The number of rotatable bonds is 3. The van der Waals surface area contributed by atoms with E-state index in [9.17, 15) is 14.4 Å². The van der Waals surface area contributed by atoms with E-state index in [0.717, 1.165) is 5.39 Å². The van der Waals surface area contributed by atoms with E-state index in [0.29, 0.717) is 30.5 Å². The second-order valence-corrected chi connectivity index (χ2v) is 6.72. The summed E-state index contributed by atoms with van der Waals surface area (Å²) >= 11 is 0. The van der Waals surface area contributed by atoms with E-state index in [4.69, 9.17) is 9.47 Å². The Bertz CT molecular complexity index is 1010. The first-order valence-electron chi connectivity index (χ1n) is 8.73. The third-order valence-corrected chi connectivity index (χ3v) is 4.86. The van der Waals surface area contributed by atoms with Crippen molar-refractivity contribution in [2.75, 3.05) is 6.54 Å². The predicted octanol–water partition coefficient (Wildman–Crippen LogP) is 2.40. The van der Waals surface area contributed by atoms with Crippen molar-refractivity contribution in [1.29, 1.82) is 0 Å². The van der Waals surface area contributed by atoms with Gasteiger partial charge in [0.2, 0.25) is 17.5 Å². The van der Waals surface area contributed by atoms with Crippen LogP contribution in [0.5, 0.6) is 0 Å². The zero-order valence-electron chi connectivity index (χ0n) is 15.0. The Morgan fingerprint density at radius 1 is 1.26 bits per heavy atom. The largest absolute Gasteiger partial charge is 0.456 e. The number of fused-ring (bicyclic) bond motifs is 1. The maximum absolute atomic E-state index is 13.3. The third-order valence-electron chi connectivity index (χ3n) is 4.86.